The molecular weight excluding hydrogens is 194 g/mol. The fraction of sp³-hybridized carbons (Fsp3) is 0.364. The topological polar surface area (TPSA) is 72.5 Å². The molecule has 1 aliphatic rings. The van der Waals surface area contributed by atoms with Crippen LogP contribution in [0.1, 0.15) is 11.5 Å². The summed E-state index contributed by atoms with van der Waals surface area (Å²) in [5.41, 5.74) is 6.53. The third kappa shape index (κ3) is 1.68. The number of benzene rings is 1. The highest BCUT2D eigenvalue weighted by molar-refractivity contribution is 5.72. The molecule has 0 bridgehead atoms. The van der Waals surface area contributed by atoms with Crippen molar-refractivity contribution in [3.63, 3.8) is 0 Å². The second-order valence-corrected chi connectivity index (χ2v) is 3.64. The van der Waals surface area contributed by atoms with Crippen LogP contribution in [0.15, 0.2) is 24.3 Å². The molecule has 1 aromatic carbocycles. The summed E-state index contributed by atoms with van der Waals surface area (Å²) >= 11 is 0. The highest BCUT2D eigenvalue weighted by atomic mass is 16.5. The van der Waals surface area contributed by atoms with Gasteiger partial charge in [-0.3, -0.25) is 4.79 Å². The van der Waals surface area contributed by atoms with Crippen molar-refractivity contribution in [2.75, 3.05) is 13.2 Å². The summed E-state index contributed by atoms with van der Waals surface area (Å²) in [6.45, 7) is 0.533. The Morgan fingerprint density at radius 1 is 1.53 bits per heavy atom. The van der Waals surface area contributed by atoms with E-state index in [2.05, 4.69) is 0 Å². The van der Waals surface area contributed by atoms with E-state index in [9.17, 15) is 4.79 Å². The molecule has 0 aromatic heterocycles. The fourth-order valence-electron chi connectivity index (χ4n) is 1.97. The standard InChI is InChI=1S/C11H13NO3/c12-5-8-7-3-1-2-4-10(7)15-6-9(8)11(13)14/h1-4,8-9H,5-6,12H2,(H,13,14). The highest BCUT2D eigenvalue weighted by Gasteiger charge is 2.34. The van der Waals surface area contributed by atoms with E-state index in [4.69, 9.17) is 15.6 Å². The molecule has 1 aromatic rings. The van der Waals surface area contributed by atoms with E-state index < -0.39 is 11.9 Å². The molecule has 4 nitrogen and oxygen atoms in total. The molecule has 1 heterocycles. The van der Waals surface area contributed by atoms with Crippen molar-refractivity contribution in [2.24, 2.45) is 11.7 Å². The summed E-state index contributed by atoms with van der Waals surface area (Å²) in [6.07, 6.45) is 0. The summed E-state index contributed by atoms with van der Waals surface area (Å²) in [6, 6.07) is 7.46. The first-order valence-electron chi connectivity index (χ1n) is 4.88. The quantitative estimate of drug-likeness (QED) is 0.753. The molecule has 3 N–H and O–H groups in total. The monoisotopic (exact) mass is 207 g/mol. The summed E-state index contributed by atoms with van der Waals surface area (Å²) in [5.74, 6) is -0.775. The SMILES string of the molecule is NCC1c2ccccc2OCC1C(=O)O. The molecule has 0 amide bonds. The van der Waals surface area contributed by atoms with Crippen LogP contribution in [0, 0.1) is 5.92 Å². The number of carboxylic acids is 1. The predicted octanol–water partition coefficient (Wildman–Crippen LogP) is 0.822. The molecular formula is C11H13NO3. The maximum Gasteiger partial charge on any atom is 0.310 e. The first-order valence-corrected chi connectivity index (χ1v) is 4.88. The first kappa shape index (κ1) is 9.98. The Bertz CT molecular complexity index is 378. The van der Waals surface area contributed by atoms with Crippen LogP contribution < -0.4 is 10.5 Å². The molecule has 80 valence electrons. The number of fused-ring (bicyclic) bond motifs is 1. The number of aliphatic carboxylic acids is 1. The Morgan fingerprint density at radius 2 is 2.27 bits per heavy atom. The second-order valence-electron chi connectivity index (χ2n) is 3.64. The minimum absolute atomic E-state index is 0.146. The maximum atomic E-state index is 11.0. The normalized spacial score (nSPS) is 24.1. The van der Waals surface area contributed by atoms with E-state index in [1.807, 2.05) is 24.3 Å². The van der Waals surface area contributed by atoms with Crippen LogP contribution in [0.2, 0.25) is 0 Å². The zero-order valence-corrected chi connectivity index (χ0v) is 8.22. The first-order chi connectivity index (χ1) is 7.24. The van der Waals surface area contributed by atoms with E-state index in [1.165, 1.54) is 0 Å². The lowest BCUT2D eigenvalue weighted by Crippen LogP contribution is -2.35. The van der Waals surface area contributed by atoms with Crippen LogP contribution >= 0.6 is 0 Å². The second kappa shape index (κ2) is 3.90. The molecule has 0 radical (unpaired) electrons. The average molecular weight is 207 g/mol. The Labute approximate surface area is 87.7 Å². The number of hydrogen-bond acceptors (Lipinski definition) is 3. The third-order valence-corrected chi connectivity index (χ3v) is 2.79. The Hall–Kier alpha value is -1.55. The largest absolute Gasteiger partial charge is 0.492 e. The lowest BCUT2D eigenvalue weighted by atomic mass is 9.84. The number of rotatable bonds is 2. The van der Waals surface area contributed by atoms with Gasteiger partial charge in [-0.25, -0.2) is 0 Å². The van der Waals surface area contributed by atoms with E-state index in [0.717, 1.165) is 11.3 Å². The summed E-state index contributed by atoms with van der Waals surface area (Å²) in [4.78, 5) is 11.0. The van der Waals surface area contributed by atoms with E-state index >= 15 is 0 Å². The molecule has 4 heteroatoms. The molecule has 0 saturated carbocycles. The van der Waals surface area contributed by atoms with Gasteiger partial charge >= 0.3 is 5.97 Å². The van der Waals surface area contributed by atoms with Crippen LogP contribution in [-0.2, 0) is 4.79 Å². The molecule has 15 heavy (non-hydrogen) atoms. The summed E-state index contributed by atoms with van der Waals surface area (Å²) in [7, 11) is 0. The minimum Gasteiger partial charge on any atom is -0.492 e. The summed E-state index contributed by atoms with van der Waals surface area (Å²) < 4.78 is 5.39. The van der Waals surface area contributed by atoms with Crippen LogP contribution in [0.4, 0.5) is 0 Å². The Morgan fingerprint density at radius 3 is 2.93 bits per heavy atom. The van der Waals surface area contributed by atoms with Gasteiger partial charge in [0.05, 0.1) is 5.92 Å². The average Bonchev–Trinajstić information content (AvgIpc) is 2.27. The molecule has 2 rings (SSSR count). The zero-order valence-electron chi connectivity index (χ0n) is 8.22. The van der Waals surface area contributed by atoms with Gasteiger partial charge in [0.1, 0.15) is 12.4 Å². The number of nitrogens with two attached hydrogens (primary N) is 1. The molecule has 0 saturated heterocycles. The number of hydrogen-bond donors (Lipinski definition) is 2. The maximum absolute atomic E-state index is 11.0. The molecule has 2 unspecified atom stereocenters. The summed E-state index contributed by atoms with van der Waals surface area (Å²) in [5, 5.41) is 9.03. The van der Waals surface area contributed by atoms with Gasteiger partial charge in [0.15, 0.2) is 0 Å². The molecule has 0 aliphatic carbocycles. The van der Waals surface area contributed by atoms with Gasteiger partial charge in [0, 0.05) is 12.5 Å². The van der Waals surface area contributed by atoms with Gasteiger partial charge in [-0.05, 0) is 11.6 Å². The van der Waals surface area contributed by atoms with Crippen molar-refractivity contribution in [1.82, 2.24) is 0 Å². The number of ether oxygens (including phenoxy) is 1. The van der Waals surface area contributed by atoms with Crippen molar-refractivity contribution in [3.8, 4) is 5.75 Å². The highest BCUT2D eigenvalue weighted by Crippen LogP contribution is 2.36. The van der Waals surface area contributed by atoms with Crippen molar-refractivity contribution in [3.05, 3.63) is 29.8 Å². The van der Waals surface area contributed by atoms with Gasteiger partial charge < -0.3 is 15.6 Å². The third-order valence-electron chi connectivity index (χ3n) is 2.79. The van der Waals surface area contributed by atoms with E-state index in [-0.39, 0.29) is 12.5 Å². The number of carbonyl (C=O) groups is 1. The van der Waals surface area contributed by atoms with Gasteiger partial charge in [0.2, 0.25) is 0 Å². The zero-order chi connectivity index (χ0) is 10.8. The van der Waals surface area contributed by atoms with Gasteiger partial charge in [-0.15, -0.1) is 0 Å². The predicted molar refractivity (Wildman–Crippen MR) is 54.9 cm³/mol. The Kier molecular flexibility index (Phi) is 2.60. The minimum atomic E-state index is -0.847. The smallest absolute Gasteiger partial charge is 0.310 e. The molecule has 1 aliphatic heterocycles. The lowest BCUT2D eigenvalue weighted by molar-refractivity contribution is -0.144. The molecule has 2 atom stereocenters. The van der Waals surface area contributed by atoms with Crippen LogP contribution in [0.25, 0.3) is 0 Å². The van der Waals surface area contributed by atoms with Gasteiger partial charge in [-0.1, -0.05) is 18.2 Å². The number of para-hydroxylation sites is 1. The van der Waals surface area contributed by atoms with Gasteiger partial charge in [-0.2, -0.15) is 0 Å². The lowest BCUT2D eigenvalue weighted by Gasteiger charge is -2.30. The van der Waals surface area contributed by atoms with Crippen molar-refractivity contribution >= 4 is 5.97 Å². The van der Waals surface area contributed by atoms with Crippen LogP contribution in [-0.4, -0.2) is 24.2 Å². The van der Waals surface area contributed by atoms with Crippen molar-refractivity contribution in [1.29, 1.82) is 0 Å². The van der Waals surface area contributed by atoms with E-state index in [1.54, 1.807) is 0 Å². The van der Waals surface area contributed by atoms with Crippen LogP contribution in [0.3, 0.4) is 0 Å². The van der Waals surface area contributed by atoms with Crippen LogP contribution in [0.5, 0.6) is 5.75 Å². The molecule has 0 fully saturated rings. The van der Waals surface area contributed by atoms with Crippen molar-refractivity contribution in [2.45, 2.75) is 5.92 Å². The van der Waals surface area contributed by atoms with E-state index in [0.29, 0.717) is 6.54 Å². The fourth-order valence-corrected chi connectivity index (χ4v) is 1.97. The Balaban J connectivity index is 2.38. The molecule has 0 spiro atoms. The van der Waals surface area contributed by atoms with Crippen molar-refractivity contribution < 1.29 is 14.6 Å². The van der Waals surface area contributed by atoms with Gasteiger partial charge in [0.25, 0.3) is 0 Å². The number of carboxylic acid groups (broad SMARTS) is 1.